The zero-order valence-corrected chi connectivity index (χ0v) is 15.7. The zero-order valence-electron chi connectivity index (χ0n) is 14.1. The molecular weight excluding hydrogens is 396 g/mol. The van der Waals surface area contributed by atoms with Crippen LogP contribution in [0, 0.1) is 0 Å². The Labute approximate surface area is 159 Å². The second kappa shape index (κ2) is 8.10. The molecule has 1 heterocycles. The minimum Gasteiger partial charge on any atom is -0.467 e. The van der Waals surface area contributed by atoms with Gasteiger partial charge in [-0.15, -0.1) is 0 Å². The SMILES string of the molecule is COC(=O)[C@@H](Cc1cccc(Br)c1)NC(=O)c1ccc2ccccc2n1. The minimum absolute atomic E-state index is 0.256. The molecule has 3 rings (SSSR count). The van der Waals surface area contributed by atoms with Crippen LogP contribution in [0.3, 0.4) is 0 Å². The maximum absolute atomic E-state index is 12.6. The van der Waals surface area contributed by atoms with Crippen LogP contribution in [0.2, 0.25) is 0 Å². The van der Waals surface area contributed by atoms with Gasteiger partial charge in [0.25, 0.3) is 5.91 Å². The fraction of sp³-hybridized carbons (Fsp3) is 0.150. The van der Waals surface area contributed by atoms with E-state index in [0.29, 0.717) is 6.42 Å². The number of hydrogen-bond donors (Lipinski definition) is 1. The lowest BCUT2D eigenvalue weighted by Crippen LogP contribution is -2.43. The number of esters is 1. The summed E-state index contributed by atoms with van der Waals surface area (Å²) in [6, 6.07) is 17.8. The third kappa shape index (κ3) is 4.26. The number of para-hydroxylation sites is 1. The molecule has 2 aromatic carbocycles. The summed E-state index contributed by atoms with van der Waals surface area (Å²) in [7, 11) is 1.30. The molecule has 0 saturated heterocycles. The number of carbonyl (C=O) groups excluding carboxylic acids is 2. The van der Waals surface area contributed by atoms with Gasteiger partial charge in [0.05, 0.1) is 12.6 Å². The topological polar surface area (TPSA) is 68.3 Å². The van der Waals surface area contributed by atoms with Gasteiger partial charge in [0.1, 0.15) is 11.7 Å². The molecule has 132 valence electrons. The summed E-state index contributed by atoms with van der Waals surface area (Å²) in [5, 5.41) is 3.67. The van der Waals surface area contributed by atoms with E-state index in [1.54, 1.807) is 6.07 Å². The van der Waals surface area contributed by atoms with Crippen LogP contribution in [-0.2, 0) is 16.0 Å². The third-order valence-corrected chi connectivity index (χ3v) is 4.44. The van der Waals surface area contributed by atoms with E-state index in [4.69, 9.17) is 4.74 Å². The standard InChI is InChI=1S/C20H17BrN2O3/c1-26-20(25)18(12-13-5-4-7-15(21)11-13)23-19(24)17-10-9-14-6-2-3-8-16(14)22-17/h2-11,18H,12H2,1H3,(H,23,24)/t18-/m1/s1. The van der Waals surface area contributed by atoms with Crippen LogP contribution in [0.5, 0.6) is 0 Å². The molecule has 0 spiro atoms. The number of methoxy groups -OCH3 is 1. The predicted octanol–water partition coefficient (Wildman–Crippen LogP) is 3.51. The number of hydrogen-bond acceptors (Lipinski definition) is 4. The van der Waals surface area contributed by atoms with Crippen molar-refractivity contribution in [3.05, 3.63) is 76.4 Å². The molecule has 6 heteroatoms. The number of amides is 1. The maximum Gasteiger partial charge on any atom is 0.328 e. The first kappa shape index (κ1) is 18.1. The number of pyridine rings is 1. The summed E-state index contributed by atoms with van der Waals surface area (Å²) < 4.78 is 5.74. The second-order valence-electron chi connectivity index (χ2n) is 5.77. The highest BCUT2D eigenvalue weighted by Gasteiger charge is 2.23. The Kier molecular flexibility index (Phi) is 5.63. The molecule has 5 nitrogen and oxygen atoms in total. The normalized spacial score (nSPS) is 11.8. The Morgan fingerprint density at radius 2 is 1.92 bits per heavy atom. The van der Waals surface area contributed by atoms with Crippen LogP contribution < -0.4 is 5.32 Å². The predicted molar refractivity (Wildman–Crippen MR) is 103 cm³/mol. The summed E-state index contributed by atoms with van der Waals surface area (Å²) in [6.07, 6.45) is 0.325. The molecule has 0 saturated carbocycles. The molecule has 3 aromatic rings. The summed E-state index contributed by atoms with van der Waals surface area (Å²) in [5.74, 6) is -0.916. The van der Waals surface area contributed by atoms with E-state index in [2.05, 4.69) is 26.2 Å². The molecule has 1 atom stereocenters. The molecule has 0 unspecified atom stereocenters. The first-order valence-electron chi connectivity index (χ1n) is 8.06. The van der Waals surface area contributed by atoms with Gasteiger partial charge >= 0.3 is 5.97 Å². The molecular formula is C20H17BrN2O3. The lowest BCUT2D eigenvalue weighted by molar-refractivity contribution is -0.142. The largest absolute Gasteiger partial charge is 0.467 e. The van der Waals surface area contributed by atoms with E-state index in [1.165, 1.54) is 7.11 Å². The quantitative estimate of drug-likeness (QED) is 0.651. The van der Waals surface area contributed by atoms with Crippen LogP contribution >= 0.6 is 15.9 Å². The number of nitrogens with zero attached hydrogens (tertiary/aromatic N) is 1. The van der Waals surface area contributed by atoms with Crippen molar-refractivity contribution in [2.75, 3.05) is 7.11 Å². The number of halogens is 1. The van der Waals surface area contributed by atoms with Crippen LogP contribution in [-0.4, -0.2) is 30.0 Å². The van der Waals surface area contributed by atoms with Gasteiger partial charge in [-0.2, -0.15) is 0 Å². The van der Waals surface area contributed by atoms with E-state index in [1.807, 2.05) is 54.6 Å². The number of nitrogens with one attached hydrogen (secondary N) is 1. The Hall–Kier alpha value is -2.73. The van der Waals surface area contributed by atoms with Gasteiger partial charge in [-0.3, -0.25) is 4.79 Å². The van der Waals surface area contributed by atoms with E-state index in [0.717, 1.165) is 20.9 Å². The fourth-order valence-electron chi connectivity index (χ4n) is 2.66. The lowest BCUT2D eigenvalue weighted by Gasteiger charge is -2.16. The number of fused-ring (bicyclic) bond motifs is 1. The molecule has 0 aliphatic rings. The van der Waals surface area contributed by atoms with E-state index < -0.39 is 17.9 Å². The highest BCUT2D eigenvalue weighted by molar-refractivity contribution is 9.10. The van der Waals surface area contributed by atoms with Gasteiger partial charge in [0.2, 0.25) is 0 Å². The molecule has 26 heavy (non-hydrogen) atoms. The molecule has 1 amide bonds. The van der Waals surface area contributed by atoms with Crippen LogP contribution in [0.1, 0.15) is 16.1 Å². The molecule has 0 aliphatic carbocycles. The van der Waals surface area contributed by atoms with Gasteiger partial charge in [0.15, 0.2) is 0 Å². The Morgan fingerprint density at radius 3 is 2.69 bits per heavy atom. The van der Waals surface area contributed by atoms with E-state index in [-0.39, 0.29) is 5.69 Å². The average molecular weight is 413 g/mol. The Morgan fingerprint density at radius 1 is 1.12 bits per heavy atom. The van der Waals surface area contributed by atoms with E-state index >= 15 is 0 Å². The average Bonchev–Trinajstić information content (AvgIpc) is 2.66. The smallest absolute Gasteiger partial charge is 0.328 e. The van der Waals surface area contributed by atoms with Crippen LogP contribution in [0.25, 0.3) is 10.9 Å². The third-order valence-electron chi connectivity index (χ3n) is 3.95. The van der Waals surface area contributed by atoms with Crippen molar-refractivity contribution in [2.45, 2.75) is 12.5 Å². The lowest BCUT2D eigenvalue weighted by atomic mass is 10.1. The van der Waals surface area contributed by atoms with Crippen molar-refractivity contribution >= 4 is 38.7 Å². The van der Waals surface area contributed by atoms with Gasteiger partial charge in [-0.05, 0) is 29.8 Å². The van der Waals surface area contributed by atoms with Gasteiger partial charge in [-0.25, -0.2) is 9.78 Å². The van der Waals surface area contributed by atoms with Crippen LogP contribution in [0.4, 0.5) is 0 Å². The molecule has 0 fully saturated rings. The monoisotopic (exact) mass is 412 g/mol. The molecule has 0 radical (unpaired) electrons. The van der Waals surface area contributed by atoms with Gasteiger partial charge in [-0.1, -0.05) is 52.3 Å². The number of benzene rings is 2. The van der Waals surface area contributed by atoms with Crippen LogP contribution in [0.15, 0.2) is 65.1 Å². The summed E-state index contributed by atoms with van der Waals surface area (Å²) in [6.45, 7) is 0. The molecule has 0 aliphatic heterocycles. The summed E-state index contributed by atoms with van der Waals surface area (Å²) in [5.41, 5.74) is 1.88. The van der Waals surface area contributed by atoms with Crippen molar-refractivity contribution in [3.63, 3.8) is 0 Å². The number of aromatic nitrogens is 1. The van der Waals surface area contributed by atoms with Gasteiger partial charge in [0, 0.05) is 16.3 Å². The number of ether oxygens (including phenoxy) is 1. The molecule has 1 aromatic heterocycles. The molecule has 1 N–H and O–H groups in total. The fourth-order valence-corrected chi connectivity index (χ4v) is 3.11. The highest BCUT2D eigenvalue weighted by Crippen LogP contribution is 2.15. The van der Waals surface area contributed by atoms with Crippen molar-refractivity contribution in [3.8, 4) is 0 Å². The van der Waals surface area contributed by atoms with Crippen molar-refractivity contribution < 1.29 is 14.3 Å². The van der Waals surface area contributed by atoms with E-state index in [9.17, 15) is 9.59 Å². The summed E-state index contributed by atoms with van der Waals surface area (Å²) >= 11 is 3.40. The van der Waals surface area contributed by atoms with Crippen molar-refractivity contribution in [1.29, 1.82) is 0 Å². The Bertz CT molecular complexity index is 958. The first-order chi connectivity index (χ1) is 12.6. The zero-order chi connectivity index (χ0) is 18.5. The van der Waals surface area contributed by atoms with Crippen molar-refractivity contribution in [1.82, 2.24) is 10.3 Å². The van der Waals surface area contributed by atoms with Gasteiger partial charge < -0.3 is 10.1 Å². The highest BCUT2D eigenvalue weighted by atomic mass is 79.9. The first-order valence-corrected chi connectivity index (χ1v) is 8.85. The Balaban J connectivity index is 1.80. The maximum atomic E-state index is 12.6. The summed E-state index contributed by atoms with van der Waals surface area (Å²) in [4.78, 5) is 29.1. The van der Waals surface area contributed by atoms with Crippen molar-refractivity contribution in [2.24, 2.45) is 0 Å². The minimum atomic E-state index is -0.796. The molecule has 0 bridgehead atoms. The second-order valence-corrected chi connectivity index (χ2v) is 6.69. The number of rotatable bonds is 5. The number of carbonyl (C=O) groups is 2.